The number of alkyl halides is 15. The van der Waals surface area contributed by atoms with Gasteiger partial charge in [0.15, 0.2) is 0 Å². The molecule has 1 aromatic rings. The zero-order valence-electron chi connectivity index (χ0n) is 12.9. The Morgan fingerprint density at radius 3 is 1.50 bits per heavy atom. The van der Waals surface area contributed by atoms with Crippen LogP contribution in [0.3, 0.4) is 0 Å². The molecule has 0 spiro atoms. The summed E-state index contributed by atoms with van der Waals surface area (Å²) in [5.74, 6) is -52.3. The summed E-state index contributed by atoms with van der Waals surface area (Å²) >= 11 is 3.44. The highest BCUT2D eigenvalue weighted by molar-refractivity contribution is 6.22. The Bertz CT molecular complexity index is 775. The predicted octanol–water partition coefficient (Wildman–Crippen LogP) is 3.78. The van der Waals surface area contributed by atoms with Gasteiger partial charge in [-0.2, -0.15) is 66.7 Å². The Balaban J connectivity index is 3.48. The second kappa shape index (κ2) is 6.94. The summed E-state index contributed by atoms with van der Waals surface area (Å²) in [4.78, 5) is 11.0. The molecular formula is C9H2ClF14N5O. The van der Waals surface area contributed by atoms with Crippen LogP contribution >= 0.6 is 11.6 Å². The molecule has 6 nitrogen and oxygen atoms in total. The van der Waals surface area contributed by atoms with Gasteiger partial charge in [0.2, 0.25) is 0 Å². The smallest absolute Gasteiger partial charge is 0.286 e. The molecule has 1 amide bonds. The van der Waals surface area contributed by atoms with E-state index in [1.807, 2.05) is 0 Å². The van der Waals surface area contributed by atoms with E-state index in [4.69, 9.17) is 0 Å². The number of anilines is 1. The van der Waals surface area contributed by atoms with Crippen molar-refractivity contribution >= 4 is 23.5 Å². The van der Waals surface area contributed by atoms with Crippen molar-refractivity contribution in [1.29, 1.82) is 0 Å². The first-order chi connectivity index (χ1) is 13.0. The second-order valence-corrected chi connectivity index (χ2v) is 5.61. The molecule has 21 heteroatoms. The maximum atomic E-state index is 13.5. The van der Waals surface area contributed by atoms with E-state index in [9.17, 15) is 66.3 Å². The van der Waals surface area contributed by atoms with Crippen LogP contribution in [0.25, 0.3) is 0 Å². The number of halogens is 15. The highest BCUT2D eigenvalue weighted by Gasteiger charge is 2.93. The van der Waals surface area contributed by atoms with Crippen molar-refractivity contribution in [2.24, 2.45) is 0 Å². The number of nitrogens with one attached hydrogen (secondary N) is 2. The Labute approximate surface area is 157 Å². The fourth-order valence-electron chi connectivity index (χ4n) is 1.50. The molecule has 0 atom stereocenters. The number of tetrazole rings is 1. The maximum Gasteiger partial charge on any atom is 0.393 e. The van der Waals surface area contributed by atoms with Gasteiger partial charge in [0, 0.05) is 0 Å². The molecule has 0 fully saturated rings. The number of H-pyrrole nitrogens is 1. The third kappa shape index (κ3) is 3.37. The summed E-state index contributed by atoms with van der Waals surface area (Å²) in [5, 5.41) is 3.11. The van der Waals surface area contributed by atoms with Crippen LogP contribution in [0.15, 0.2) is 0 Å². The minimum atomic E-state index is -8.32. The van der Waals surface area contributed by atoms with Gasteiger partial charge in [-0.3, -0.25) is 10.1 Å². The van der Waals surface area contributed by atoms with Crippen LogP contribution in [0.4, 0.5) is 67.4 Å². The first-order valence-corrected chi connectivity index (χ1v) is 6.76. The van der Waals surface area contributed by atoms with Crippen LogP contribution in [-0.4, -0.2) is 67.4 Å². The van der Waals surface area contributed by atoms with E-state index in [1.54, 1.807) is 0 Å². The Hall–Kier alpha value is -2.15. The molecule has 0 unspecified atom stereocenters. The number of aromatic nitrogens is 4. The number of nitrogens with zero attached hydrogens (tertiary/aromatic N) is 3. The summed E-state index contributed by atoms with van der Waals surface area (Å²) in [5.41, 5.74) is 0. The molecule has 30 heavy (non-hydrogen) atoms. The Morgan fingerprint density at radius 2 is 1.13 bits per heavy atom. The van der Waals surface area contributed by atoms with Crippen LogP contribution < -0.4 is 5.32 Å². The fraction of sp³-hybridized carbons (Fsp3) is 0.778. The minimum absolute atomic E-state index is 0.545. The zero-order chi connectivity index (χ0) is 24.2. The molecule has 0 aliphatic carbocycles. The van der Waals surface area contributed by atoms with Crippen molar-refractivity contribution in [1.82, 2.24) is 20.6 Å². The van der Waals surface area contributed by atoms with Gasteiger partial charge >= 0.3 is 46.8 Å². The summed E-state index contributed by atoms with van der Waals surface area (Å²) in [6.45, 7) is 0. The number of carbonyl (C=O) groups excluding carboxylic acids is 1. The van der Waals surface area contributed by atoms with E-state index >= 15 is 0 Å². The number of aromatic amines is 1. The first-order valence-electron chi connectivity index (χ1n) is 6.38. The lowest BCUT2D eigenvalue weighted by Gasteiger charge is -2.41. The van der Waals surface area contributed by atoms with Gasteiger partial charge in [0.05, 0.1) is 0 Å². The second-order valence-electron chi connectivity index (χ2n) is 5.13. The van der Waals surface area contributed by atoms with Crippen molar-refractivity contribution in [3.63, 3.8) is 0 Å². The average molecular weight is 498 g/mol. The van der Waals surface area contributed by atoms with Gasteiger partial charge in [-0.05, 0) is 16.8 Å². The van der Waals surface area contributed by atoms with Crippen LogP contribution in [0, 0.1) is 0 Å². The monoisotopic (exact) mass is 497 g/mol. The van der Waals surface area contributed by atoms with Crippen LogP contribution in [0.1, 0.15) is 0 Å². The molecule has 0 radical (unpaired) electrons. The molecule has 0 saturated heterocycles. The summed E-state index contributed by atoms with van der Waals surface area (Å²) in [6, 6.07) is 0. The summed E-state index contributed by atoms with van der Waals surface area (Å²) in [6.07, 6.45) is 0. The predicted molar refractivity (Wildman–Crippen MR) is 63.3 cm³/mol. The molecule has 0 aliphatic heterocycles. The van der Waals surface area contributed by atoms with E-state index in [0.717, 1.165) is 0 Å². The van der Waals surface area contributed by atoms with Crippen molar-refractivity contribution in [2.45, 2.75) is 40.9 Å². The zero-order valence-corrected chi connectivity index (χ0v) is 13.7. The average Bonchev–Trinajstić information content (AvgIpc) is 3.05. The molecule has 0 aliphatic rings. The van der Waals surface area contributed by atoms with Gasteiger partial charge in [-0.1, -0.05) is 5.10 Å². The van der Waals surface area contributed by atoms with Gasteiger partial charge in [-0.25, -0.2) is 0 Å². The normalized spacial score (nSPS) is 15.3. The van der Waals surface area contributed by atoms with Crippen LogP contribution in [-0.2, 0) is 4.79 Å². The third-order valence-corrected chi connectivity index (χ3v) is 3.42. The van der Waals surface area contributed by atoms with E-state index in [1.165, 1.54) is 5.21 Å². The van der Waals surface area contributed by atoms with E-state index < -0.39 is 52.8 Å². The molecule has 2 N–H and O–H groups in total. The largest absolute Gasteiger partial charge is 0.393 e. The van der Waals surface area contributed by atoms with Crippen molar-refractivity contribution in [3.8, 4) is 0 Å². The SMILES string of the molecule is O=C(Nc1nn[nH]n1)C(F)(F)C(F)(F)C(F)(F)C(F)(F)C(F)(F)C(F)(F)C(F)(F)Cl. The van der Waals surface area contributed by atoms with Crippen LogP contribution in [0.2, 0.25) is 0 Å². The minimum Gasteiger partial charge on any atom is -0.286 e. The lowest BCUT2D eigenvalue weighted by molar-refractivity contribution is -0.431. The molecule has 1 aromatic heterocycles. The number of hydrogen-bond acceptors (Lipinski definition) is 4. The van der Waals surface area contributed by atoms with E-state index in [0.29, 0.717) is 5.32 Å². The summed E-state index contributed by atoms with van der Waals surface area (Å²) in [7, 11) is 0. The van der Waals surface area contributed by atoms with Crippen molar-refractivity contribution in [3.05, 3.63) is 0 Å². The van der Waals surface area contributed by atoms with Gasteiger partial charge in [0.1, 0.15) is 0 Å². The van der Waals surface area contributed by atoms with Crippen LogP contribution in [0.5, 0.6) is 0 Å². The molecular weight excluding hydrogens is 496 g/mol. The highest BCUT2D eigenvalue weighted by atomic mass is 35.5. The quantitative estimate of drug-likeness (QED) is 0.423. The Morgan fingerprint density at radius 1 is 0.733 bits per heavy atom. The lowest BCUT2D eigenvalue weighted by atomic mass is 9.91. The molecule has 174 valence electrons. The van der Waals surface area contributed by atoms with Gasteiger partial charge < -0.3 is 0 Å². The third-order valence-electron chi connectivity index (χ3n) is 3.18. The number of carbonyl (C=O) groups is 1. The van der Waals surface area contributed by atoms with E-state index in [-0.39, 0.29) is 0 Å². The molecule has 0 saturated carbocycles. The first kappa shape index (κ1) is 25.9. The molecule has 0 bridgehead atoms. The lowest BCUT2D eigenvalue weighted by Crippen LogP contribution is -2.73. The standard InChI is InChI=1S/C9H2ClF14N5O/c10-9(23,24)8(21,22)7(19,20)6(17,18)5(15,16)4(13,14)3(11,12)1(30)25-2-26-28-29-27-2/h(H2,25,26,27,28,29,30). The molecule has 1 rings (SSSR count). The molecule has 0 aromatic carbocycles. The Kier molecular flexibility index (Phi) is 5.99. The van der Waals surface area contributed by atoms with E-state index in [2.05, 4.69) is 27.0 Å². The number of amides is 1. The topological polar surface area (TPSA) is 83.6 Å². The highest BCUT2D eigenvalue weighted by Crippen LogP contribution is 2.62. The number of rotatable bonds is 8. The number of hydrogen-bond donors (Lipinski definition) is 2. The van der Waals surface area contributed by atoms with Gasteiger partial charge in [0.25, 0.3) is 5.95 Å². The summed E-state index contributed by atoms with van der Waals surface area (Å²) < 4.78 is 184. The van der Waals surface area contributed by atoms with Crippen molar-refractivity contribution < 1.29 is 66.3 Å². The van der Waals surface area contributed by atoms with Crippen molar-refractivity contribution in [2.75, 3.05) is 5.32 Å². The molecule has 1 heterocycles. The van der Waals surface area contributed by atoms with Gasteiger partial charge in [-0.15, -0.1) is 5.10 Å². The maximum absolute atomic E-state index is 13.5. The fourth-order valence-corrected chi connectivity index (χ4v) is 1.62.